The molecule has 2 saturated heterocycles. The van der Waals surface area contributed by atoms with Crippen LogP contribution in [-0.4, -0.2) is 43.8 Å². The van der Waals surface area contributed by atoms with E-state index in [1.165, 1.54) is 0 Å². The smallest absolute Gasteiger partial charge is 0.254 e. The molecule has 2 atom stereocenters. The Bertz CT molecular complexity index is 599. The van der Waals surface area contributed by atoms with Crippen LogP contribution in [0.3, 0.4) is 0 Å². The van der Waals surface area contributed by atoms with Gasteiger partial charge in [-0.25, -0.2) is 0 Å². The highest BCUT2D eigenvalue weighted by molar-refractivity contribution is 9.10. The normalized spacial score (nSPS) is 25.5. The van der Waals surface area contributed by atoms with Gasteiger partial charge in [0.2, 0.25) is 6.79 Å². The lowest BCUT2D eigenvalue weighted by Crippen LogP contribution is -2.32. The summed E-state index contributed by atoms with van der Waals surface area (Å²) in [7, 11) is 0. The summed E-state index contributed by atoms with van der Waals surface area (Å²) in [6.07, 6.45) is 2.18. The molecule has 0 bridgehead atoms. The van der Waals surface area contributed by atoms with E-state index < -0.39 is 0 Å². The summed E-state index contributed by atoms with van der Waals surface area (Å²) in [5, 5.41) is 3.46. The molecule has 0 unspecified atom stereocenters. The third-order valence-corrected chi connectivity index (χ3v) is 5.57. The number of hydrogen-bond donors (Lipinski definition) is 1. The van der Waals surface area contributed by atoms with Crippen LogP contribution in [0.15, 0.2) is 16.6 Å². The lowest BCUT2D eigenvalue weighted by Gasteiger charge is -2.21. The lowest BCUT2D eigenvalue weighted by atomic mass is 9.92. The van der Waals surface area contributed by atoms with Gasteiger partial charge in [0.1, 0.15) is 0 Å². The second kappa shape index (κ2) is 6.87. The molecule has 0 aromatic heterocycles. The maximum atomic E-state index is 12.8. The SMILES string of the molecule is Cl.O=C(c1cc(Br)c2c(c1)OCO2)N1CC[C@@H]2CNC[C@@H]2CC1. The minimum absolute atomic E-state index is 0. The summed E-state index contributed by atoms with van der Waals surface area (Å²) < 4.78 is 11.6. The van der Waals surface area contributed by atoms with E-state index in [1.54, 1.807) is 6.07 Å². The van der Waals surface area contributed by atoms with Gasteiger partial charge in [-0.05, 0) is 65.8 Å². The first-order chi connectivity index (χ1) is 10.7. The van der Waals surface area contributed by atoms with Crippen LogP contribution in [0.1, 0.15) is 23.2 Å². The second-order valence-electron chi connectivity index (χ2n) is 6.24. The van der Waals surface area contributed by atoms with E-state index in [0.717, 1.165) is 55.3 Å². The van der Waals surface area contributed by atoms with Crippen molar-refractivity contribution in [3.8, 4) is 11.5 Å². The molecule has 1 aromatic carbocycles. The van der Waals surface area contributed by atoms with Gasteiger partial charge in [-0.1, -0.05) is 0 Å². The standard InChI is InChI=1S/C16H19BrN2O3.ClH/c17-13-5-12(6-14-15(13)22-9-21-14)16(20)19-3-1-10-7-18-8-11(10)2-4-19;/h5-6,10-11,18H,1-4,7-9H2;1H/t10-,11+;. The van der Waals surface area contributed by atoms with Gasteiger partial charge < -0.3 is 19.7 Å². The van der Waals surface area contributed by atoms with Crippen LogP contribution in [0.5, 0.6) is 11.5 Å². The van der Waals surface area contributed by atoms with E-state index in [4.69, 9.17) is 9.47 Å². The lowest BCUT2D eigenvalue weighted by molar-refractivity contribution is 0.0758. The van der Waals surface area contributed by atoms with Gasteiger partial charge in [0.25, 0.3) is 5.91 Å². The molecule has 0 spiro atoms. The zero-order chi connectivity index (χ0) is 15.1. The number of carbonyl (C=O) groups excluding carboxylic acids is 1. The van der Waals surface area contributed by atoms with Crippen LogP contribution in [0.25, 0.3) is 0 Å². The van der Waals surface area contributed by atoms with Crippen LogP contribution < -0.4 is 14.8 Å². The molecule has 5 nitrogen and oxygen atoms in total. The number of hydrogen-bond acceptors (Lipinski definition) is 4. The highest BCUT2D eigenvalue weighted by Crippen LogP contribution is 2.40. The zero-order valence-corrected chi connectivity index (χ0v) is 15.1. The second-order valence-corrected chi connectivity index (χ2v) is 7.09. The first-order valence-electron chi connectivity index (χ1n) is 7.81. The highest BCUT2D eigenvalue weighted by Gasteiger charge is 2.32. The first kappa shape index (κ1) is 16.9. The Hall–Kier alpha value is -0.980. The van der Waals surface area contributed by atoms with E-state index in [0.29, 0.717) is 17.1 Å². The van der Waals surface area contributed by atoms with Gasteiger partial charge in [-0.2, -0.15) is 0 Å². The molecule has 3 aliphatic heterocycles. The Morgan fingerprint density at radius 1 is 1.17 bits per heavy atom. The van der Waals surface area contributed by atoms with E-state index >= 15 is 0 Å². The van der Waals surface area contributed by atoms with Crippen LogP contribution >= 0.6 is 28.3 Å². The zero-order valence-electron chi connectivity index (χ0n) is 12.7. The fraction of sp³-hybridized carbons (Fsp3) is 0.562. The number of amides is 1. The van der Waals surface area contributed by atoms with E-state index in [1.807, 2.05) is 11.0 Å². The predicted molar refractivity (Wildman–Crippen MR) is 92.5 cm³/mol. The van der Waals surface area contributed by atoms with Crippen molar-refractivity contribution in [3.63, 3.8) is 0 Å². The fourth-order valence-corrected chi connectivity index (χ4v) is 4.25. The number of nitrogens with one attached hydrogen (secondary N) is 1. The molecule has 7 heteroatoms. The molecular weight excluding hydrogens is 384 g/mol. The molecule has 23 heavy (non-hydrogen) atoms. The summed E-state index contributed by atoms with van der Waals surface area (Å²) >= 11 is 3.46. The number of ether oxygens (including phenoxy) is 2. The quantitative estimate of drug-likeness (QED) is 0.783. The minimum Gasteiger partial charge on any atom is -0.454 e. The van der Waals surface area contributed by atoms with Crippen molar-refractivity contribution in [2.75, 3.05) is 33.0 Å². The molecular formula is C16H20BrClN2O3. The average Bonchev–Trinajstić information content (AvgIpc) is 3.12. The summed E-state index contributed by atoms with van der Waals surface area (Å²) in [5.41, 5.74) is 0.668. The van der Waals surface area contributed by atoms with Gasteiger partial charge in [-0.15, -0.1) is 12.4 Å². The first-order valence-corrected chi connectivity index (χ1v) is 8.61. The van der Waals surface area contributed by atoms with Crippen molar-refractivity contribution in [1.82, 2.24) is 10.2 Å². The van der Waals surface area contributed by atoms with Crippen LogP contribution in [0.4, 0.5) is 0 Å². The van der Waals surface area contributed by atoms with Crippen molar-refractivity contribution in [2.45, 2.75) is 12.8 Å². The Kier molecular flexibility index (Phi) is 5.04. The van der Waals surface area contributed by atoms with Crippen molar-refractivity contribution >= 4 is 34.2 Å². The molecule has 0 saturated carbocycles. The Balaban J connectivity index is 0.00000156. The van der Waals surface area contributed by atoms with Gasteiger partial charge >= 0.3 is 0 Å². The Morgan fingerprint density at radius 3 is 2.57 bits per heavy atom. The summed E-state index contributed by atoms with van der Waals surface area (Å²) in [6, 6.07) is 3.63. The topological polar surface area (TPSA) is 50.8 Å². The van der Waals surface area contributed by atoms with Crippen molar-refractivity contribution in [1.29, 1.82) is 0 Å². The number of benzene rings is 1. The number of rotatable bonds is 1. The summed E-state index contributed by atoms with van der Waals surface area (Å²) in [4.78, 5) is 14.8. The molecule has 4 rings (SSSR count). The van der Waals surface area contributed by atoms with Crippen LogP contribution in [0.2, 0.25) is 0 Å². The minimum atomic E-state index is 0. The summed E-state index contributed by atoms with van der Waals surface area (Å²) in [5.74, 6) is 2.87. The van der Waals surface area contributed by atoms with Crippen LogP contribution in [-0.2, 0) is 0 Å². The fourth-order valence-electron chi connectivity index (χ4n) is 3.69. The molecule has 1 amide bonds. The van der Waals surface area contributed by atoms with E-state index in [2.05, 4.69) is 21.2 Å². The number of fused-ring (bicyclic) bond motifs is 2. The Labute approximate surface area is 150 Å². The van der Waals surface area contributed by atoms with Crippen molar-refractivity contribution in [3.05, 3.63) is 22.2 Å². The van der Waals surface area contributed by atoms with E-state index in [-0.39, 0.29) is 25.1 Å². The number of nitrogens with zero attached hydrogens (tertiary/aromatic N) is 1. The Morgan fingerprint density at radius 2 is 1.87 bits per heavy atom. The van der Waals surface area contributed by atoms with Crippen LogP contribution in [0, 0.1) is 11.8 Å². The maximum absolute atomic E-state index is 12.8. The molecule has 1 aromatic rings. The monoisotopic (exact) mass is 402 g/mol. The average molecular weight is 404 g/mol. The predicted octanol–water partition coefficient (Wildman–Crippen LogP) is 2.67. The van der Waals surface area contributed by atoms with Gasteiger partial charge in [0.15, 0.2) is 11.5 Å². The van der Waals surface area contributed by atoms with Crippen molar-refractivity contribution < 1.29 is 14.3 Å². The number of halogens is 2. The van der Waals surface area contributed by atoms with Gasteiger partial charge in [-0.3, -0.25) is 4.79 Å². The molecule has 1 N–H and O–H groups in total. The maximum Gasteiger partial charge on any atom is 0.254 e. The van der Waals surface area contributed by atoms with Crippen molar-refractivity contribution in [2.24, 2.45) is 11.8 Å². The highest BCUT2D eigenvalue weighted by atomic mass is 79.9. The third-order valence-electron chi connectivity index (χ3n) is 4.98. The molecule has 0 radical (unpaired) electrons. The van der Waals surface area contributed by atoms with E-state index in [9.17, 15) is 4.79 Å². The molecule has 126 valence electrons. The number of likely N-dealkylation sites (tertiary alicyclic amines) is 1. The third kappa shape index (κ3) is 3.16. The van der Waals surface area contributed by atoms with Gasteiger partial charge in [0.05, 0.1) is 4.47 Å². The number of carbonyl (C=O) groups is 1. The molecule has 0 aliphatic carbocycles. The summed E-state index contributed by atoms with van der Waals surface area (Å²) in [6.45, 7) is 4.09. The largest absolute Gasteiger partial charge is 0.454 e. The molecule has 2 fully saturated rings. The van der Waals surface area contributed by atoms with Gasteiger partial charge in [0, 0.05) is 18.7 Å². The molecule has 3 aliphatic rings. The molecule has 3 heterocycles.